The molecule has 1 aliphatic heterocycles. The first-order chi connectivity index (χ1) is 9.15. The number of hydrogen-bond donors (Lipinski definition) is 1. The van der Waals surface area contributed by atoms with Gasteiger partial charge in [-0.1, -0.05) is 12.1 Å². The molecule has 1 saturated heterocycles. The van der Waals surface area contributed by atoms with Crippen LogP contribution in [-0.2, 0) is 4.74 Å². The van der Waals surface area contributed by atoms with Gasteiger partial charge in [-0.05, 0) is 27.3 Å². The predicted molar refractivity (Wildman–Crippen MR) is 71.8 cm³/mol. The number of aromatic nitrogens is 2. The lowest BCUT2D eigenvalue weighted by Gasteiger charge is -2.34. The second-order valence-electron chi connectivity index (χ2n) is 5.19. The van der Waals surface area contributed by atoms with Crippen molar-refractivity contribution in [1.82, 2.24) is 20.4 Å². The number of ether oxygens (including phenoxy) is 1. The van der Waals surface area contributed by atoms with E-state index in [1.54, 1.807) is 0 Å². The van der Waals surface area contributed by atoms with E-state index in [2.05, 4.69) is 41.1 Å². The zero-order valence-electron chi connectivity index (χ0n) is 12.2. The molecule has 0 radical (unpaired) electrons. The zero-order valence-corrected chi connectivity index (χ0v) is 12.2. The first-order valence-corrected chi connectivity index (χ1v) is 7.02. The molecule has 0 spiro atoms. The Morgan fingerprint density at radius 3 is 2.89 bits per heavy atom. The standard InChI is InChI=1S/C13H24N4O2/c1-5-10(14-4)13-15-12(16-19-13)11-8-17(9(2)3)6-7-18-11/h9-11,14H,5-8H2,1-4H3. The number of rotatable bonds is 5. The second kappa shape index (κ2) is 6.45. The summed E-state index contributed by atoms with van der Waals surface area (Å²) in [6, 6.07) is 0.629. The molecule has 2 unspecified atom stereocenters. The third kappa shape index (κ3) is 3.32. The SMILES string of the molecule is CCC(NC)c1nc(C2CN(C(C)C)CCO2)no1. The minimum Gasteiger partial charge on any atom is -0.367 e. The van der Waals surface area contributed by atoms with Gasteiger partial charge in [0.15, 0.2) is 0 Å². The minimum absolute atomic E-state index is 0.0805. The van der Waals surface area contributed by atoms with E-state index in [4.69, 9.17) is 9.26 Å². The van der Waals surface area contributed by atoms with Crippen LogP contribution in [0.25, 0.3) is 0 Å². The minimum atomic E-state index is -0.0805. The third-order valence-electron chi connectivity index (χ3n) is 3.63. The van der Waals surface area contributed by atoms with Crippen LogP contribution in [0.1, 0.15) is 51.1 Å². The summed E-state index contributed by atoms with van der Waals surface area (Å²) in [4.78, 5) is 6.85. The molecule has 0 saturated carbocycles. The lowest BCUT2D eigenvalue weighted by Crippen LogP contribution is -2.42. The lowest BCUT2D eigenvalue weighted by atomic mass is 10.2. The summed E-state index contributed by atoms with van der Waals surface area (Å²) in [6.45, 7) is 8.98. The highest BCUT2D eigenvalue weighted by atomic mass is 16.5. The Morgan fingerprint density at radius 2 is 2.26 bits per heavy atom. The zero-order chi connectivity index (χ0) is 13.8. The molecule has 6 heteroatoms. The molecule has 0 amide bonds. The van der Waals surface area contributed by atoms with E-state index in [-0.39, 0.29) is 12.1 Å². The van der Waals surface area contributed by atoms with E-state index in [0.29, 0.717) is 17.8 Å². The van der Waals surface area contributed by atoms with Crippen molar-refractivity contribution < 1.29 is 9.26 Å². The molecule has 108 valence electrons. The highest BCUT2D eigenvalue weighted by Crippen LogP contribution is 2.23. The van der Waals surface area contributed by atoms with Crippen molar-refractivity contribution in [2.24, 2.45) is 0 Å². The van der Waals surface area contributed by atoms with E-state index in [9.17, 15) is 0 Å². The molecule has 2 heterocycles. The molecule has 6 nitrogen and oxygen atoms in total. The number of nitrogens with one attached hydrogen (secondary N) is 1. The molecule has 19 heavy (non-hydrogen) atoms. The van der Waals surface area contributed by atoms with Gasteiger partial charge >= 0.3 is 0 Å². The number of hydrogen-bond acceptors (Lipinski definition) is 6. The number of morpholine rings is 1. The fourth-order valence-corrected chi connectivity index (χ4v) is 2.32. The van der Waals surface area contributed by atoms with Crippen molar-refractivity contribution in [3.8, 4) is 0 Å². The lowest BCUT2D eigenvalue weighted by molar-refractivity contribution is -0.0450. The Morgan fingerprint density at radius 1 is 1.47 bits per heavy atom. The van der Waals surface area contributed by atoms with E-state index >= 15 is 0 Å². The van der Waals surface area contributed by atoms with Crippen molar-refractivity contribution in [3.05, 3.63) is 11.7 Å². The second-order valence-corrected chi connectivity index (χ2v) is 5.19. The summed E-state index contributed by atoms with van der Waals surface area (Å²) in [6.07, 6.45) is 0.838. The first-order valence-electron chi connectivity index (χ1n) is 7.02. The van der Waals surface area contributed by atoms with Gasteiger partial charge < -0.3 is 14.6 Å². The summed E-state index contributed by atoms with van der Waals surface area (Å²) in [5.41, 5.74) is 0. The highest BCUT2D eigenvalue weighted by molar-refractivity contribution is 4.97. The van der Waals surface area contributed by atoms with Gasteiger partial charge in [0.2, 0.25) is 11.7 Å². The smallest absolute Gasteiger partial charge is 0.243 e. The maximum absolute atomic E-state index is 5.76. The fourth-order valence-electron chi connectivity index (χ4n) is 2.32. The quantitative estimate of drug-likeness (QED) is 0.873. The Labute approximate surface area is 114 Å². The van der Waals surface area contributed by atoms with Gasteiger partial charge in [-0.3, -0.25) is 4.90 Å². The van der Waals surface area contributed by atoms with E-state index < -0.39 is 0 Å². The van der Waals surface area contributed by atoms with Crippen molar-refractivity contribution in [3.63, 3.8) is 0 Å². The maximum Gasteiger partial charge on any atom is 0.243 e. The van der Waals surface area contributed by atoms with Crippen LogP contribution in [0.3, 0.4) is 0 Å². The van der Waals surface area contributed by atoms with E-state index in [1.807, 2.05) is 7.05 Å². The number of nitrogens with zero attached hydrogens (tertiary/aromatic N) is 3. The Hall–Kier alpha value is -0.980. The van der Waals surface area contributed by atoms with Gasteiger partial charge in [-0.25, -0.2) is 0 Å². The van der Waals surface area contributed by atoms with Gasteiger partial charge in [-0.2, -0.15) is 4.98 Å². The monoisotopic (exact) mass is 268 g/mol. The van der Waals surface area contributed by atoms with Crippen LogP contribution in [0, 0.1) is 0 Å². The summed E-state index contributed by atoms with van der Waals surface area (Å²) >= 11 is 0. The molecule has 2 atom stereocenters. The molecule has 1 aromatic heterocycles. The Bertz CT molecular complexity index is 390. The summed E-state index contributed by atoms with van der Waals surface area (Å²) < 4.78 is 11.1. The summed E-state index contributed by atoms with van der Waals surface area (Å²) in [5, 5.41) is 7.24. The van der Waals surface area contributed by atoms with Crippen molar-refractivity contribution in [2.75, 3.05) is 26.7 Å². The van der Waals surface area contributed by atoms with Crippen LogP contribution in [0.5, 0.6) is 0 Å². The van der Waals surface area contributed by atoms with Gasteiger partial charge in [0.25, 0.3) is 0 Å². The fraction of sp³-hybridized carbons (Fsp3) is 0.846. The normalized spacial score (nSPS) is 22.9. The maximum atomic E-state index is 5.76. The van der Waals surface area contributed by atoms with Crippen molar-refractivity contribution in [2.45, 2.75) is 45.4 Å². The predicted octanol–water partition coefficient (Wildman–Crippen LogP) is 1.52. The van der Waals surface area contributed by atoms with Gasteiger partial charge in [0, 0.05) is 19.1 Å². The van der Waals surface area contributed by atoms with Gasteiger partial charge in [0.1, 0.15) is 6.10 Å². The van der Waals surface area contributed by atoms with Crippen LogP contribution >= 0.6 is 0 Å². The third-order valence-corrected chi connectivity index (χ3v) is 3.63. The summed E-state index contributed by atoms with van der Waals surface area (Å²) in [7, 11) is 1.90. The van der Waals surface area contributed by atoms with Gasteiger partial charge in [-0.15, -0.1) is 0 Å². The van der Waals surface area contributed by atoms with Gasteiger partial charge in [0.05, 0.1) is 12.6 Å². The molecule has 0 aliphatic carbocycles. The largest absolute Gasteiger partial charge is 0.367 e. The Kier molecular flexibility index (Phi) is 4.90. The topological polar surface area (TPSA) is 63.4 Å². The average molecular weight is 268 g/mol. The van der Waals surface area contributed by atoms with Crippen LogP contribution in [-0.4, -0.2) is 47.8 Å². The molecule has 1 N–H and O–H groups in total. The molecule has 0 aromatic carbocycles. The molecule has 2 rings (SSSR count). The molecule has 1 aliphatic rings. The molecular weight excluding hydrogens is 244 g/mol. The van der Waals surface area contributed by atoms with Crippen LogP contribution < -0.4 is 5.32 Å². The van der Waals surface area contributed by atoms with Crippen molar-refractivity contribution in [1.29, 1.82) is 0 Å². The van der Waals surface area contributed by atoms with Crippen LogP contribution in [0.4, 0.5) is 0 Å². The average Bonchev–Trinajstić information content (AvgIpc) is 2.90. The molecule has 0 bridgehead atoms. The molecule has 1 aromatic rings. The summed E-state index contributed by atoms with van der Waals surface area (Å²) in [5.74, 6) is 1.30. The van der Waals surface area contributed by atoms with Crippen molar-refractivity contribution >= 4 is 0 Å². The Balaban J connectivity index is 2.05. The van der Waals surface area contributed by atoms with E-state index in [1.165, 1.54) is 0 Å². The van der Waals surface area contributed by atoms with Crippen LogP contribution in [0.15, 0.2) is 4.52 Å². The van der Waals surface area contributed by atoms with E-state index in [0.717, 1.165) is 26.1 Å². The molecular formula is C13H24N4O2. The van der Waals surface area contributed by atoms with Crippen LogP contribution in [0.2, 0.25) is 0 Å². The molecule has 1 fully saturated rings. The highest BCUT2D eigenvalue weighted by Gasteiger charge is 2.28. The first kappa shape index (κ1) is 14.4.